The number of carbonyl (C=O) groups excluding carboxylic acids is 5. The molecule has 9 N–H and O–H groups in total. The topological polar surface area (TPSA) is 206 Å². The summed E-state index contributed by atoms with van der Waals surface area (Å²) in [6.07, 6.45) is 0.254. The molecule has 0 aliphatic carbocycles. The van der Waals surface area contributed by atoms with Gasteiger partial charge in [-0.25, -0.2) is 0 Å². The Morgan fingerprint density at radius 3 is 1.83 bits per heavy atom. The highest BCUT2D eigenvalue weighted by molar-refractivity contribution is 7.82. The number of benzene rings is 2. The van der Waals surface area contributed by atoms with Crippen molar-refractivity contribution >= 4 is 54.8 Å². The minimum absolute atomic E-state index is 0.0884. The second-order valence-corrected chi connectivity index (χ2v) is 14.8. The molecule has 0 aromatic heterocycles. The third kappa shape index (κ3) is 11.6. The maximum atomic E-state index is 13.3. The van der Waals surface area contributed by atoms with Crippen molar-refractivity contribution in [2.75, 3.05) is 6.54 Å². The molecule has 2 aromatic rings. The van der Waals surface area contributed by atoms with E-state index in [-0.39, 0.29) is 18.6 Å². The van der Waals surface area contributed by atoms with Crippen LogP contribution in [0, 0.1) is 13.8 Å². The van der Waals surface area contributed by atoms with Crippen molar-refractivity contribution in [1.29, 1.82) is 0 Å². The molecule has 0 aliphatic heterocycles. The molecule has 5 amide bonds. The third-order valence-electron chi connectivity index (χ3n) is 7.33. The van der Waals surface area contributed by atoms with E-state index in [1.165, 1.54) is 0 Å². The lowest BCUT2D eigenvalue weighted by Gasteiger charge is -2.31. The molecule has 0 radical (unpaired) electrons. The Bertz CT molecular complexity index is 1400. The first kappa shape index (κ1) is 38.4. The van der Waals surface area contributed by atoms with E-state index >= 15 is 0 Å². The van der Waals surface area contributed by atoms with E-state index < -0.39 is 69.7 Å². The number of hydrogen-bond donors (Lipinski definition) is 9. The van der Waals surface area contributed by atoms with Crippen LogP contribution in [0.4, 0.5) is 0 Å². The van der Waals surface area contributed by atoms with Gasteiger partial charge in [0.05, 0.1) is 12.6 Å². The number of rotatable bonds is 15. The van der Waals surface area contributed by atoms with Crippen LogP contribution in [0.15, 0.2) is 42.5 Å². The normalized spacial score (nSPS) is 14.3. The molecule has 46 heavy (non-hydrogen) atoms. The van der Waals surface area contributed by atoms with Crippen molar-refractivity contribution in [1.82, 2.24) is 21.3 Å². The maximum Gasteiger partial charge on any atom is 0.244 e. The van der Waals surface area contributed by atoms with Crippen molar-refractivity contribution in [2.24, 2.45) is 11.5 Å². The molecule has 0 bridgehead atoms. The first-order chi connectivity index (χ1) is 21.2. The summed E-state index contributed by atoms with van der Waals surface area (Å²) in [6.45, 7) is 9.56. The lowest BCUT2D eigenvalue weighted by atomic mass is 9.95. The molecule has 0 unspecified atom stereocenters. The number of phenols is 1. The molecule has 12 nitrogen and oxygen atoms in total. The van der Waals surface area contributed by atoms with Gasteiger partial charge >= 0.3 is 0 Å². The zero-order chi connectivity index (χ0) is 35.0. The van der Waals surface area contributed by atoms with E-state index in [1.54, 1.807) is 84.0 Å². The van der Waals surface area contributed by atoms with Gasteiger partial charge in [0.15, 0.2) is 0 Å². The Morgan fingerprint density at radius 1 is 0.804 bits per heavy atom. The van der Waals surface area contributed by atoms with Gasteiger partial charge in [0, 0.05) is 15.9 Å². The number of thiol groups is 2. The van der Waals surface area contributed by atoms with Crippen LogP contribution >= 0.6 is 25.3 Å². The van der Waals surface area contributed by atoms with Crippen LogP contribution < -0.4 is 32.7 Å². The molecule has 0 aliphatic rings. The van der Waals surface area contributed by atoms with E-state index in [9.17, 15) is 29.1 Å². The minimum Gasteiger partial charge on any atom is -0.508 e. The fraction of sp³-hybridized carbons (Fsp3) is 0.469. The highest BCUT2D eigenvalue weighted by atomic mass is 32.1. The monoisotopic (exact) mass is 674 g/mol. The molecule has 0 fully saturated rings. The highest BCUT2D eigenvalue weighted by Gasteiger charge is 2.36. The predicted molar refractivity (Wildman–Crippen MR) is 184 cm³/mol. The number of aryl methyl sites for hydroxylation is 2. The van der Waals surface area contributed by atoms with Gasteiger partial charge in [0.25, 0.3) is 0 Å². The smallest absolute Gasteiger partial charge is 0.244 e. The molecular weight excluding hydrogens is 629 g/mol. The van der Waals surface area contributed by atoms with Gasteiger partial charge in [-0.1, -0.05) is 30.3 Å². The largest absolute Gasteiger partial charge is 0.508 e. The molecule has 2 rings (SSSR count). The Balaban J connectivity index is 2.13. The molecule has 0 saturated heterocycles. The molecule has 0 heterocycles. The second-order valence-electron chi connectivity index (χ2n) is 12.5. The average molecular weight is 675 g/mol. The molecule has 2 aromatic carbocycles. The Labute approximate surface area is 281 Å². The number of primary amides is 1. The van der Waals surface area contributed by atoms with E-state index in [2.05, 4.69) is 46.5 Å². The highest BCUT2D eigenvalue weighted by Crippen LogP contribution is 2.23. The zero-order valence-corrected chi connectivity index (χ0v) is 28.8. The first-order valence-electron chi connectivity index (χ1n) is 14.7. The Kier molecular flexibility index (Phi) is 13.5. The van der Waals surface area contributed by atoms with E-state index in [4.69, 9.17) is 11.5 Å². The van der Waals surface area contributed by atoms with Gasteiger partial charge in [0.1, 0.15) is 23.9 Å². The summed E-state index contributed by atoms with van der Waals surface area (Å²) < 4.78 is -2.04. The van der Waals surface area contributed by atoms with Crippen LogP contribution in [0.25, 0.3) is 0 Å². The summed E-state index contributed by atoms with van der Waals surface area (Å²) in [5.74, 6) is -3.33. The van der Waals surface area contributed by atoms with Gasteiger partial charge in [-0.15, -0.1) is 0 Å². The molecule has 252 valence electrons. The van der Waals surface area contributed by atoms with Crippen LogP contribution in [0.2, 0.25) is 0 Å². The fourth-order valence-electron chi connectivity index (χ4n) is 4.83. The number of carbonyl (C=O) groups is 5. The fourth-order valence-corrected chi connectivity index (χ4v) is 5.20. The first-order valence-corrected chi connectivity index (χ1v) is 15.6. The molecule has 4 atom stereocenters. The summed E-state index contributed by atoms with van der Waals surface area (Å²) in [4.78, 5) is 64.6. The van der Waals surface area contributed by atoms with Gasteiger partial charge in [0.2, 0.25) is 29.5 Å². The number of aromatic hydroxyl groups is 1. The van der Waals surface area contributed by atoms with E-state index in [0.29, 0.717) is 0 Å². The summed E-state index contributed by atoms with van der Waals surface area (Å²) in [7, 11) is 0. The van der Waals surface area contributed by atoms with Crippen LogP contribution in [0.3, 0.4) is 0 Å². The van der Waals surface area contributed by atoms with E-state index in [0.717, 1.165) is 22.3 Å². The Hall–Kier alpha value is -3.75. The van der Waals surface area contributed by atoms with Crippen LogP contribution in [-0.2, 0) is 36.8 Å². The second kappa shape index (κ2) is 16.2. The number of nitrogens with two attached hydrogens (primary N) is 2. The Morgan fingerprint density at radius 2 is 1.33 bits per heavy atom. The SMILES string of the molecule is Cc1cc(O)cc(C)c1C[C@H](N)C(=O)N[C@@H](C(=O)NCC(=O)N[C@@H](Cc1ccccc1)C(=O)N[C@@H](C(N)=O)C(C)(C)S)C(C)(C)S. The number of amides is 5. The minimum atomic E-state index is -1.18. The third-order valence-corrected chi connectivity index (χ3v) is 7.85. The van der Waals surface area contributed by atoms with Gasteiger partial charge in [-0.05, 0) is 82.3 Å². The predicted octanol–water partition coefficient (Wildman–Crippen LogP) is 0.594. The van der Waals surface area contributed by atoms with Crippen molar-refractivity contribution < 1.29 is 29.1 Å². The number of hydrogen-bond acceptors (Lipinski definition) is 9. The quantitative estimate of drug-likeness (QED) is 0.123. The van der Waals surface area contributed by atoms with Gasteiger partial charge < -0.3 is 37.8 Å². The van der Waals surface area contributed by atoms with Crippen LogP contribution in [0.5, 0.6) is 5.75 Å². The number of nitrogens with one attached hydrogen (secondary N) is 4. The van der Waals surface area contributed by atoms with Crippen molar-refractivity contribution in [3.63, 3.8) is 0 Å². The lowest BCUT2D eigenvalue weighted by Crippen LogP contribution is -2.61. The molecular formula is C32H46N6O6S2. The van der Waals surface area contributed by atoms with E-state index in [1.807, 2.05) is 0 Å². The zero-order valence-electron chi connectivity index (χ0n) is 27.0. The lowest BCUT2D eigenvalue weighted by molar-refractivity contribution is -0.133. The maximum absolute atomic E-state index is 13.3. The van der Waals surface area contributed by atoms with Gasteiger partial charge in [-0.3, -0.25) is 24.0 Å². The number of phenolic OH excluding ortho intramolecular Hbond substituents is 1. The van der Waals surface area contributed by atoms with Crippen molar-refractivity contribution in [3.8, 4) is 5.75 Å². The summed E-state index contributed by atoms with van der Waals surface area (Å²) in [5.41, 5.74) is 14.8. The molecule has 0 spiro atoms. The van der Waals surface area contributed by atoms with Crippen molar-refractivity contribution in [3.05, 3.63) is 64.7 Å². The van der Waals surface area contributed by atoms with Crippen LogP contribution in [0.1, 0.15) is 49.9 Å². The summed E-state index contributed by atoms with van der Waals surface area (Å²) >= 11 is 8.86. The summed E-state index contributed by atoms with van der Waals surface area (Å²) in [5, 5.41) is 20.1. The molecule has 0 saturated carbocycles. The molecule has 14 heteroatoms. The average Bonchev–Trinajstić information content (AvgIpc) is 2.93. The van der Waals surface area contributed by atoms with Crippen molar-refractivity contribution in [2.45, 2.75) is 88.0 Å². The summed E-state index contributed by atoms with van der Waals surface area (Å²) in [6, 6.07) is 7.63. The van der Waals surface area contributed by atoms with Crippen LogP contribution in [-0.4, -0.2) is 74.8 Å². The standard InChI is InChI=1S/C32H46N6O6S2/c1-17-12-20(39)13-18(2)21(17)15-22(33)28(42)38-26(32(5,6)46)30(44)35-16-24(40)36-23(14-19-10-8-7-9-11-19)29(43)37-25(27(34)41)31(3,4)45/h7-13,22-23,25-26,39,45-46H,14-16,33H2,1-6H3,(H2,34,41)(H,35,44)(H,36,40)(H,37,43)(H,38,42)/t22-,23-,25-,26-/m0/s1. The van der Waals surface area contributed by atoms with Gasteiger partial charge in [-0.2, -0.15) is 25.3 Å².